The number of carbonyl (C=O) groups excluding carboxylic acids is 1. The Labute approximate surface area is 103 Å². The average molecular weight is 255 g/mol. The molecule has 0 aliphatic rings. The van der Waals surface area contributed by atoms with Crippen LogP contribution in [0.15, 0.2) is 18.2 Å². The molecule has 0 aliphatic heterocycles. The summed E-state index contributed by atoms with van der Waals surface area (Å²) in [5.74, 6) is 0.835. The Morgan fingerprint density at radius 3 is 2.82 bits per heavy atom. The minimum Gasteiger partial charge on any atom is -0.373 e. The Hall–Kier alpha value is -1.43. The molecular weight excluding hydrogens is 238 g/mol. The topological polar surface area (TPSA) is 71.1 Å². The van der Waals surface area contributed by atoms with Crippen molar-refractivity contribution in [3.63, 3.8) is 0 Å². The van der Waals surface area contributed by atoms with E-state index in [1.165, 1.54) is 0 Å². The molecule has 2 unspecified atom stereocenters. The van der Waals surface area contributed by atoms with Crippen LogP contribution in [0.25, 0.3) is 0 Å². The fraction of sp³-hybridized carbons (Fsp3) is 0.455. The van der Waals surface area contributed by atoms with E-state index in [-0.39, 0.29) is 11.9 Å². The zero-order chi connectivity index (χ0) is 12.8. The first-order valence-electron chi connectivity index (χ1n) is 5.28. The highest BCUT2D eigenvalue weighted by atomic mass is 32.2. The van der Waals surface area contributed by atoms with Crippen molar-refractivity contribution in [2.24, 2.45) is 0 Å². The number of hydrogen-bond acceptors (Lipinski definition) is 4. The Morgan fingerprint density at radius 1 is 1.53 bits per heavy atom. The minimum atomic E-state index is -0.922. The molecule has 0 saturated carbocycles. The van der Waals surface area contributed by atoms with Crippen molar-refractivity contribution in [3.8, 4) is 0 Å². The lowest BCUT2D eigenvalue weighted by molar-refractivity contribution is 0.0939. The number of hydrogen-bond donors (Lipinski definition) is 2. The second-order valence-electron chi connectivity index (χ2n) is 3.77. The van der Waals surface area contributed by atoms with Gasteiger partial charge >= 0.3 is 0 Å². The molecule has 0 aromatic carbocycles. The number of rotatable bonds is 5. The van der Waals surface area contributed by atoms with Gasteiger partial charge in [-0.1, -0.05) is 6.07 Å². The number of nitrogens with zero attached hydrogens (tertiary/aromatic N) is 1. The van der Waals surface area contributed by atoms with E-state index in [1.54, 1.807) is 31.5 Å². The van der Waals surface area contributed by atoms with Gasteiger partial charge in [-0.2, -0.15) is 0 Å². The largest absolute Gasteiger partial charge is 0.373 e. The highest BCUT2D eigenvalue weighted by Gasteiger charge is 2.12. The maximum absolute atomic E-state index is 11.8. The molecule has 1 rings (SSSR count). The molecule has 94 valence electrons. The van der Waals surface area contributed by atoms with Crippen LogP contribution < -0.4 is 10.6 Å². The van der Waals surface area contributed by atoms with Crippen LogP contribution in [0.4, 0.5) is 5.82 Å². The number of carbonyl (C=O) groups is 1. The molecule has 6 heteroatoms. The third-order valence-electron chi connectivity index (χ3n) is 2.10. The summed E-state index contributed by atoms with van der Waals surface area (Å²) in [7, 11) is 0.821. The van der Waals surface area contributed by atoms with Gasteiger partial charge in [0.25, 0.3) is 5.91 Å². The molecule has 0 aliphatic carbocycles. The van der Waals surface area contributed by atoms with Crippen molar-refractivity contribution in [2.75, 3.05) is 24.4 Å². The van der Waals surface area contributed by atoms with Crippen LogP contribution >= 0.6 is 0 Å². The first kappa shape index (κ1) is 13.6. The number of nitrogens with one attached hydrogen (secondary N) is 2. The predicted molar refractivity (Wildman–Crippen MR) is 69.6 cm³/mol. The Bertz CT molecular complexity index is 423. The van der Waals surface area contributed by atoms with Gasteiger partial charge in [0.2, 0.25) is 0 Å². The van der Waals surface area contributed by atoms with Crippen LogP contribution in [0.5, 0.6) is 0 Å². The third-order valence-corrected chi connectivity index (χ3v) is 3.07. The second-order valence-corrected chi connectivity index (χ2v) is 5.25. The molecule has 0 bridgehead atoms. The second kappa shape index (κ2) is 6.34. The van der Waals surface area contributed by atoms with Crippen molar-refractivity contribution >= 4 is 22.5 Å². The number of pyridine rings is 1. The van der Waals surface area contributed by atoms with Gasteiger partial charge in [-0.3, -0.25) is 9.00 Å². The van der Waals surface area contributed by atoms with E-state index in [1.807, 2.05) is 6.92 Å². The van der Waals surface area contributed by atoms with E-state index >= 15 is 0 Å². The van der Waals surface area contributed by atoms with Crippen molar-refractivity contribution in [3.05, 3.63) is 23.9 Å². The average Bonchev–Trinajstić information content (AvgIpc) is 2.27. The van der Waals surface area contributed by atoms with Gasteiger partial charge in [0.05, 0.1) is 0 Å². The Balaban J connectivity index is 2.66. The van der Waals surface area contributed by atoms with E-state index in [0.717, 1.165) is 0 Å². The standard InChI is InChI=1S/C11H17N3O2S/c1-8(7-17(3)16)13-11(15)9-5-4-6-10(12-2)14-9/h4-6,8H,7H2,1-3H3,(H,12,14)(H,13,15). The molecule has 0 fully saturated rings. The molecule has 17 heavy (non-hydrogen) atoms. The maximum Gasteiger partial charge on any atom is 0.270 e. The summed E-state index contributed by atoms with van der Waals surface area (Å²) in [5, 5.41) is 5.62. The van der Waals surface area contributed by atoms with Gasteiger partial charge < -0.3 is 10.6 Å². The van der Waals surface area contributed by atoms with Crippen LogP contribution in [-0.4, -0.2) is 40.2 Å². The zero-order valence-corrected chi connectivity index (χ0v) is 11.0. The van der Waals surface area contributed by atoms with Gasteiger partial charge in [-0.25, -0.2) is 4.98 Å². The first-order chi connectivity index (χ1) is 8.02. The predicted octanol–water partition coefficient (Wildman–Crippen LogP) is 0.620. The summed E-state index contributed by atoms with van der Waals surface area (Å²) >= 11 is 0. The summed E-state index contributed by atoms with van der Waals surface area (Å²) < 4.78 is 11.0. The van der Waals surface area contributed by atoms with Gasteiger partial charge in [-0.15, -0.1) is 0 Å². The van der Waals surface area contributed by atoms with Gasteiger partial charge in [0, 0.05) is 35.9 Å². The number of aromatic nitrogens is 1. The summed E-state index contributed by atoms with van der Waals surface area (Å²) in [5.41, 5.74) is 0.352. The fourth-order valence-electron chi connectivity index (χ4n) is 1.39. The summed E-state index contributed by atoms with van der Waals surface area (Å²) in [6.07, 6.45) is 1.61. The van der Waals surface area contributed by atoms with Crippen molar-refractivity contribution in [1.82, 2.24) is 10.3 Å². The lowest BCUT2D eigenvalue weighted by Gasteiger charge is -2.12. The van der Waals surface area contributed by atoms with Crippen LogP contribution in [0, 0.1) is 0 Å². The van der Waals surface area contributed by atoms with E-state index in [0.29, 0.717) is 17.3 Å². The minimum absolute atomic E-state index is 0.131. The SMILES string of the molecule is CNc1cccc(C(=O)NC(C)CS(C)=O)n1. The number of anilines is 1. The third kappa shape index (κ3) is 4.52. The van der Waals surface area contributed by atoms with Crippen LogP contribution in [0.3, 0.4) is 0 Å². The van der Waals surface area contributed by atoms with Crippen LogP contribution in [-0.2, 0) is 10.8 Å². The normalized spacial score (nSPS) is 13.8. The molecule has 2 N–H and O–H groups in total. The molecule has 0 saturated heterocycles. The van der Waals surface area contributed by atoms with Gasteiger partial charge in [-0.05, 0) is 19.1 Å². The molecule has 1 amide bonds. The number of amides is 1. The van der Waals surface area contributed by atoms with Crippen molar-refractivity contribution < 1.29 is 9.00 Å². The molecule has 1 aromatic rings. The summed E-state index contributed by atoms with van der Waals surface area (Å²) in [4.78, 5) is 15.9. The molecule has 1 aromatic heterocycles. The zero-order valence-electron chi connectivity index (χ0n) is 10.2. The quantitative estimate of drug-likeness (QED) is 0.809. The molecule has 5 nitrogen and oxygen atoms in total. The molecule has 0 radical (unpaired) electrons. The smallest absolute Gasteiger partial charge is 0.270 e. The van der Waals surface area contributed by atoms with Gasteiger partial charge in [0.15, 0.2) is 0 Å². The van der Waals surface area contributed by atoms with Crippen molar-refractivity contribution in [1.29, 1.82) is 0 Å². The highest BCUT2D eigenvalue weighted by molar-refractivity contribution is 7.84. The Kier molecular flexibility index (Phi) is 5.09. The Morgan fingerprint density at radius 2 is 2.24 bits per heavy atom. The first-order valence-corrected chi connectivity index (χ1v) is 7.01. The van der Waals surface area contributed by atoms with E-state index in [4.69, 9.17) is 0 Å². The fourth-order valence-corrected chi connectivity index (χ4v) is 2.18. The lowest BCUT2D eigenvalue weighted by Crippen LogP contribution is -2.36. The molecule has 1 heterocycles. The lowest BCUT2D eigenvalue weighted by atomic mass is 10.3. The van der Waals surface area contributed by atoms with E-state index < -0.39 is 10.8 Å². The summed E-state index contributed by atoms with van der Waals surface area (Å²) in [6.45, 7) is 1.82. The van der Waals surface area contributed by atoms with E-state index in [9.17, 15) is 9.00 Å². The summed E-state index contributed by atoms with van der Waals surface area (Å²) in [6, 6.07) is 5.05. The van der Waals surface area contributed by atoms with E-state index in [2.05, 4.69) is 15.6 Å². The van der Waals surface area contributed by atoms with Gasteiger partial charge in [0.1, 0.15) is 11.5 Å². The molecule has 0 spiro atoms. The van der Waals surface area contributed by atoms with Crippen LogP contribution in [0.1, 0.15) is 17.4 Å². The highest BCUT2D eigenvalue weighted by Crippen LogP contribution is 2.03. The van der Waals surface area contributed by atoms with Crippen molar-refractivity contribution in [2.45, 2.75) is 13.0 Å². The monoisotopic (exact) mass is 255 g/mol. The molecular formula is C11H17N3O2S. The maximum atomic E-state index is 11.8. The molecule has 2 atom stereocenters. The van der Waals surface area contributed by atoms with Crippen LogP contribution in [0.2, 0.25) is 0 Å².